The lowest BCUT2D eigenvalue weighted by Gasteiger charge is -2.39. The van der Waals surface area contributed by atoms with Gasteiger partial charge in [0.1, 0.15) is 0 Å². The Hall–Kier alpha value is -1.06. The van der Waals surface area contributed by atoms with Gasteiger partial charge in [-0.05, 0) is 69.5 Å². The van der Waals surface area contributed by atoms with Crippen molar-refractivity contribution in [3.63, 3.8) is 0 Å². The van der Waals surface area contributed by atoms with Crippen molar-refractivity contribution in [2.75, 3.05) is 6.54 Å². The van der Waals surface area contributed by atoms with Gasteiger partial charge in [-0.1, -0.05) is 24.3 Å². The summed E-state index contributed by atoms with van der Waals surface area (Å²) in [5.74, 6) is 0.656. The number of hydrogen-bond donors (Lipinski definition) is 1. The van der Waals surface area contributed by atoms with Crippen molar-refractivity contribution < 1.29 is 4.79 Å². The van der Waals surface area contributed by atoms with Crippen LogP contribution in [0.15, 0.2) is 24.3 Å². The van der Waals surface area contributed by atoms with Crippen molar-refractivity contribution in [2.24, 2.45) is 5.92 Å². The van der Waals surface area contributed by atoms with E-state index in [2.05, 4.69) is 41.4 Å². The zero-order valence-electron chi connectivity index (χ0n) is 14.5. The molecule has 3 nitrogen and oxygen atoms in total. The average molecular weight is 349 g/mol. The minimum Gasteiger partial charge on any atom is -0.332 e. The van der Waals surface area contributed by atoms with Gasteiger partial charge >= 0.3 is 0 Å². The Bertz CT molecular complexity index is 587. The number of piperidine rings is 1. The Balaban J connectivity index is 0.00000169. The fraction of sp³-hybridized carbons (Fsp3) is 0.650. The first-order valence-electron chi connectivity index (χ1n) is 9.37. The minimum atomic E-state index is 0. The topological polar surface area (TPSA) is 32.3 Å². The highest BCUT2D eigenvalue weighted by molar-refractivity contribution is 5.85. The SMILES string of the molecule is C[C@H]1C[C@@H](C(=O)N(C2CC2)C2CCCc3ccccc32)CCN1.Cl. The first-order valence-corrected chi connectivity index (χ1v) is 9.37. The highest BCUT2D eigenvalue weighted by atomic mass is 35.5. The summed E-state index contributed by atoms with van der Waals surface area (Å²) in [4.78, 5) is 15.6. The van der Waals surface area contributed by atoms with E-state index < -0.39 is 0 Å². The number of amides is 1. The Labute approximate surface area is 151 Å². The van der Waals surface area contributed by atoms with Crippen molar-refractivity contribution in [1.82, 2.24) is 10.2 Å². The largest absolute Gasteiger partial charge is 0.332 e. The van der Waals surface area contributed by atoms with Crippen LogP contribution >= 0.6 is 12.4 Å². The van der Waals surface area contributed by atoms with Gasteiger partial charge in [-0.2, -0.15) is 0 Å². The van der Waals surface area contributed by atoms with Crippen molar-refractivity contribution in [1.29, 1.82) is 0 Å². The quantitative estimate of drug-likeness (QED) is 0.899. The number of aryl methyl sites for hydroxylation is 1. The fourth-order valence-corrected chi connectivity index (χ4v) is 4.53. The van der Waals surface area contributed by atoms with Gasteiger partial charge in [0.25, 0.3) is 0 Å². The molecule has 1 N–H and O–H groups in total. The van der Waals surface area contributed by atoms with Crippen molar-refractivity contribution >= 4 is 18.3 Å². The number of halogens is 1. The molecule has 3 atom stereocenters. The number of benzene rings is 1. The zero-order valence-corrected chi connectivity index (χ0v) is 15.4. The Morgan fingerprint density at radius 3 is 2.71 bits per heavy atom. The molecule has 1 heterocycles. The van der Waals surface area contributed by atoms with Crippen LogP contribution in [-0.2, 0) is 11.2 Å². The Kier molecular flexibility index (Phi) is 5.51. The fourth-order valence-electron chi connectivity index (χ4n) is 4.53. The highest BCUT2D eigenvalue weighted by Crippen LogP contribution is 2.42. The van der Waals surface area contributed by atoms with Gasteiger partial charge in [-0.3, -0.25) is 4.79 Å². The molecule has 1 saturated heterocycles. The lowest BCUT2D eigenvalue weighted by Crippen LogP contribution is -2.46. The van der Waals surface area contributed by atoms with Crippen LogP contribution < -0.4 is 5.32 Å². The smallest absolute Gasteiger partial charge is 0.226 e. The molecule has 1 amide bonds. The van der Waals surface area contributed by atoms with E-state index >= 15 is 0 Å². The summed E-state index contributed by atoms with van der Waals surface area (Å²) in [6, 6.07) is 10.1. The maximum atomic E-state index is 13.3. The van der Waals surface area contributed by atoms with E-state index in [9.17, 15) is 4.79 Å². The van der Waals surface area contributed by atoms with E-state index in [0.29, 0.717) is 24.0 Å². The van der Waals surface area contributed by atoms with Gasteiger partial charge in [-0.15, -0.1) is 12.4 Å². The predicted molar refractivity (Wildman–Crippen MR) is 99.4 cm³/mol. The number of carbonyl (C=O) groups is 1. The molecule has 0 bridgehead atoms. The van der Waals surface area contributed by atoms with E-state index in [4.69, 9.17) is 0 Å². The van der Waals surface area contributed by atoms with Gasteiger partial charge < -0.3 is 10.2 Å². The van der Waals surface area contributed by atoms with Crippen LogP contribution in [0.1, 0.15) is 62.6 Å². The molecular formula is C20H29ClN2O. The lowest BCUT2D eigenvalue weighted by atomic mass is 9.85. The first kappa shape index (κ1) is 17.8. The molecule has 1 aliphatic heterocycles. The van der Waals surface area contributed by atoms with E-state index in [1.165, 1.54) is 36.8 Å². The summed E-state index contributed by atoms with van der Waals surface area (Å²) in [6.45, 7) is 3.19. The molecule has 132 valence electrons. The van der Waals surface area contributed by atoms with E-state index in [-0.39, 0.29) is 18.3 Å². The van der Waals surface area contributed by atoms with Gasteiger partial charge in [0.05, 0.1) is 6.04 Å². The number of rotatable bonds is 3. The van der Waals surface area contributed by atoms with E-state index in [1.54, 1.807) is 0 Å². The van der Waals surface area contributed by atoms with Crippen LogP contribution in [0.4, 0.5) is 0 Å². The maximum absolute atomic E-state index is 13.3. The number of nitrogens with zero attached hydrogens (tertiary/aromatic N) is 1. The second-order valence-electron chi connectivity index (χ2n) is 7.66. The Morgan fingerprint density at radius 2 is 1.96 bits per heavy atom. The second kappa shape index (κ2) is 7.45. The number of nitrogens with one attached hydrogen (secondary N) is 1. The third-order valence-electron chi connectivity index (χ3n) is 5.84. The predicted octanol–water partition coefficient (Wildman–Crippen LogP) is 3.86. The van der Waals surface area contributed by atoms with Gasteiger partial charge in [0, 0.05) is 18.0 Å². The molecule has 3 aliphatic rings. The van der Waals surface area contributed by atoms with Gasteiger partial charge in [0.2, 0.25) is 5.91 Å². The summed E-state index contributed by atoms with van der Waals surface area (Å²) in [6.07, 6.45) is 7.91. The summed E-state index contributed by atoms with van der Waals surface area (Å²) in [7, 11) is 0. The van der Waals surface area contributed by atoms with Crippen molar-refractivity contribution in [3.05, 3.63) is 35.4 Å². The van der Waals surface area contributed by atoms with Gasteiger partial charge in [-0.25, -0.2) is 0 Å². The monoisotopic (exact) mass is 348 g/mol. The lowest BCUT2D eigenvalue weighted by molar-refractivity contribution is -0.140. The van der Waals surface area contributed by atoms with Crippen LogP contribution in [0.3, 0.4) is 0 Å². The van der Waals surface area contributed by atoms with Crippen LogP contribution in [0.5, 0.6) is 0 Å². The molecule has 0 radical (unpaired) electrons. The van der Waals surface area contributed by atoms with E-state index in [0.717, 1.165) is 25.8 Å². The van der Waals surface area contributed by atoms with Gasteiger partial charge in [0.15, 0.2) is 0 Å². The highest BCUT2D eigenvalue weighted by Gasteiger charge is 2.42. The molecule has 1 aromatic carbocycles. The molecule has 2 aliphatic carbocycles. The van der Waals surface area contributed by atoms with Crippen LogP contribution in [-0.4, -0.2) is 29.4 Å². The summed E-state index contributed by atoms with van der Waals surface area (Å²) in [5, 5.41) is 3.48. The molecule has 1 saturated carbocycles. The molecule has 0 spiro atoms. The second-order valence-corrected chi connectivity index (χ2v) is 7.66. The molecule has 2 fully saturated rings. The maximum Gasteiger partial charge on any atom is 0.226 e. The van der Waals surface area contributed by atoms with Crippen molar-refractivity contribution in [2.45, 2.75) is 70.0 Å². The Morgan fingerprint density at radius 1 is 1.17 bits per heavy atom. The molecule has 24 heavy (non-hydrogen) atoms. The van der Waals surface area contributed by atoms with Crippen LogP contribution in [0.2, 0.25) is 0 Å². The first-order chi connectivity index (χ1) is 11.2. The molecular weight excluding hydrogens is 320 g/mol. The molecule has 4 rings (SSSR count). The van der Waals surface area contributed by atoms with Crippen molar-refractivity contribution in [3.8, 4) is 0 Å². The number of fused-ring (bicyclic) bond motifs is 1. The van der Waals surface area contributed by atoms with Crippen LogP contribution in [0.25, 0.3) is 0 Å². The molecule has 4 heteroatoms. The average Bonchev–Trinajstić information content (AvgIpc) is 3.40. The minimum absolute atomic E-state index is 0. The third-order valence-corrected chi connectivity index (χ3v) is 5.84. The summed E-state index contributed by atoms with van der Waals surface area (Å²) in [5.41, 5.74) is 2.88. The van der Waals surface area contributed by atoms with E-state index in [1.807, 2.05) is 0 Å². The summed E-state index contributed by atoms with van der Waals surface area (Å²) >= 11 is 0. The standard InChI is InChI=1S/C20H28N2O.ClH/c1-14-13-16(11-12-21-14)20(23)22(17-9-10-17)19-8-4-6-15-5-2-3-7-18(15)19;/h2-3,5,7,14,16-17,19,21H,4,6,8-13H2,1H3;1H/t14-,16-,19?;/m0./s1. The number of carbonyl (C=O) groups excluding carboxylic acids is 1. The zero-order chi connectivity index (χ0) is 15.8. The third kappa shape index (κ3) is 3.48. The van der Waals surface area contributed by atoms with Crippen LogP contribution in [0, 0.1) is 5.92 Å². The summed E-state index contributed by atoms with van der Waals surface area (Å²) < 4.78 is 0. The molecule has 0 aromatic heterocycles. The normalized spacial score (nSPS) is 29.3. The molecule has 1 aromatic rings. The number of hydrogen-bond acceptors (Lipinski definition) is 2. The molecule has 1 unspecified atom stereocenters.